The minimum atomic E-state index is -0.0518. The van der Waals surface area contributed by atoms with Crippen LogP contribution in [0.25, 0.3) is 0 Å². The van der Waals surface area contributed by atoms with Gasteiger partial charge in [0.2, 0.25) is 0 Å². The summed E-state index contributed by atoms with van der Waals surface area (Å²) in [6.07, 6.45) is 2.14. The summed E-state index contributed by atoms with van der Waals surface area (Å²) in [4.78, 5) is 16.4. The van der Waals surface area contributed by atoms with Gasteiger partial charge < -0.3 is 19.7 Å². The smallest absolute Gasteiger partial charge is 0.321 e. The molecule has 6 heteroatoms. The number of ether oxygens (including phenoxy) is 2. The van der Waals surface area contributed by atoms with Gasteiger partial charge in [-0.1, -0.05) is 30.0 Å². The number of benzene rings is 2. The standard InChI is InChI=1S/C19H20N2O3S/c22-19(21-8-4-5-9-21)20-15-12-16-17(24-11-10-23-16)13-18(15)25-14-6-2-1-3-7-14/h1-3,6-7,12-13H,4-5,8-11H2,(H,20,22). The van der Waals surface area contributed by atoms with Crippen LogP contribution >= 0.6 is 11.8 Å². The highest BCUT2D eigenvalue weighted by Gasteiger charge is 2.22. The third-order valence-corrected chi connectivity index (χ3v) is 5.32. The molecular weight excluding hydrogens is 336 g/mol. The fourth-order valence-electron chi connectivity index (χ4n) is 2.98. The average molecular weight is 356 g/mol. The summed E-state index contributed by atoms with van der Waals surface area (Å²) in [5.74, 6) is 1.41. The second-order valence-electron chi connectivity index (χ2n) is 6.03. The third-order valence-electron chi connectivity index (χ3n) is 4.25. The normalized spacial score (nSPS) is 15.9. The number of hydrogen-bond donors (Lipinski definition) is 1. The van der Waals surface area contributed by atoms with Crippen LogP contribution in [0.1, 0.15) is 12.8 Å². The highest BCUT2D eigenvalue weighted by atomic mass is 32.2. The first kappa shape index (κ1) is 16.1. The predicted octanol–water partition coefficient (Wildman–Crippen LogP) is 4.24. The van der Waals surface area contributed by atoms with Gasteiger partial charge in [-0.3, -0.25) is 0 Å². The number of rotatable bonds is 3. The fraction of sp³-hybridized carbons (Fsp3) is 0.316. The summed E-state index contributed by atoms with van der Waals surface area (Å²) >= 11 is 1.60. The van der Waals surface area contributed by atoms with E-state index < -0.39 is 0 Å². The zero-order valence-electron chi connectivity index (χ0n) is 13.9. The largest absolute Gasteiger partial charge is 0.486 e. The minimum absolute atomic E-state index is 0.0518. The van der Waals surface area contributed by atoms with E-state index in [1.54, 1.807) is 11.8 Å². The van der Waals surface area contributed by atoms with Crippen molar-refractivity contribution in [1.82, 2.24) is 4.90 Å². The maximum atomic E-state index is 12.5. The van der Waals surface area contributed by atoms with Crippen molar-refractivity contribution < 1.29 is 14.3 Å². The van der Waals surface area contributed by atoms with Gasteiger partial charge in [0, 0.05) is 35.0 Å². The topological polar surface area (TPSA) is 50.8 Å². The van der Waals surface area contributed by atoms with Gasteiger partial charge in [-0.2, -0.15) is 0 Å². The molecule has 0 unspecified atom stereocenters. The number of urea groups is 1. The van der Waals surface area contributed by atoms with E-state index >= 15 is 0 Å². The van der Waals surface area contributed by atoms with Crippen molar-refractivity contribution >= 4 is 23.5 Å². The molecule has 2 aromatic rings. The molecule has 2 aromatic carbocycles. The number of carbonyl (C=O) groups is 1. The molecule has 0 saturated carbocycles. The highest BCUT2D eigenvalue weighted by molar-refractivity contribution is 7.99. The molecule has 0 aromatic heterocycles. The van der Waals surface area contributed by atoms with E-state index in [-0.39, 0.29) is 6.03 Å². The average Bonchev–Trinajstić information content (AvgIpc) is 3.18. The van der Waals surface area contributed by atoms with Gasteiger partial charge in [0.05, 0.1) is 5.69 Å². The van der Waals surface area contributed by atoms with E-state index in [9.17, 15) is 4.79 Å². The summed E-state index contributed by atoms with van der Waals surface area (Å²) in [5, 5.41) is 3.05. The van der Waals surface area contributed by atoms with Crippen LogP contribution < -0.4 is 14.8 Å². The molecule has 25 heavy (non-hydrogen) atoms. The van der Waals surface area contributed by atoms with Gasteiger partial charge in [0.1, 0.15) is 13.2 Å². The number of nitrogens with one attached hydrogen (secondary N) is 1. The minimum Gasteiger partial charge on any atom is -0.486 e. The molecule has 1 N–H and O–H groups in total. The molecule has 130 valence electrons. The number of anilines is 1. The molecule has 0 spiro atoms. The van der Waals surface area contributed by atoms with Gasteiger partial charge in [-0.25, -0.2) is 4.79 Å². The Morgan fingerprint density at radius 2 is 1.68 bits per heavy atom. The van der Waals surface area contributed by atoms with E-state index in [0.717, 1.165) is 47.2 Å². The first-order valence-electron chi connectivity index (χ1n) is 8.52. The molecule has 0 atom stereocenters. The molecule has 1 fully saturated rings. The second kappa shape index (κ2) is 7.27. The van der Waals surface area contributed by atoms with Crippen LogP contribution in [0.5, 0.6) is 11.5 Å². The Hall–Kier alpha value is -2.34. The molecule has 0 aliphatic carbocycles. The van der Waals surface area contributed by atoms with Crippen LogP contribution in [0.15, 0.2) is 52.3 Å². The molecule has 2 amide bonds. The lowest BCUT2D eigenvalue weighted by molar-refractivity contribution is 0.171. The third kappa shape index (κ3) is 3.69. The van der Waals surface area contributed by atoms with Crippen LogP contribution in [0.2, 0.25) is 0 Å². The molecular formula is C19H20N2O3S. The van der Waals surface area contributed by atoms with Gasteiger partial charge in [0.25, 0.3) is 0 Å². The molecule has 2 aliphatic rings. The van der Waals surface area contributed by atoms with Crippen molar-refractivity contribution in [2.75, 3.05) is 31.6 Å². The van der Waals surface area contributed by atoms with Crippen molar-refractivity contribution in [1.29, 1.82) is 0 Å². The predicted molar refractivity (Wildman–Crippen MR) is 97.8 cm³/mol. The van der Waals surface area contributed by atoms with Crippen LogP contribution in [-0.4, -0.2) is 37.2 Å². The molecule has 4 rings (SSSR count). The van der Waals surface area contributed by atoms with Gasteiger partial charge >= 0.3 is 6.03 Å². The number of carbonyl (C=O) groups excluding carboxylic acids is 1. The van der Waals surface area contributed by atoms with Gasteiger partial charge in [-0.05, 0) is 25.0 Å². The summed E-state index contributed by atoms with van der Waals surface area (Å²) in [5.41, 5.74) is 0.759. The number of nitrogens with zero attached hydrogens (tertiary/aromatic N) is 1. The Labute approximate surface area is 151 Å². The zero-order chi connectivity index (χ0) is 17.1. The van der Waals surface area contributed by atoms with Crippen molar-refractivity contribution in [3.8, 4) is 11.5 Å². The summed E-state index contributed by atoms with van der Waals surface area (Å²) < 4.78 is 11.4. The summed E-state index contributed by atoms with van der Waals surface area (Å²) in [7, 11) is 0. The number of hydrogen-bond acceptors (Lipinski definition) is 4. The molecule has 5 nitrogen and oxygen atoms in total. The van der Waals surface area contributed by atoms with Crippen molar-refractivity contribution in [3.05, 3.63) is 42.5 Å². The SMILES string of the molecule is O=C(Nc1cc2c(cc1Sc1ccccc1)OCCO2)N1CCCC1. The second-order valence-corrected chi connectivity index (χ2v) is 7.15. The highest BCUT2D eigenvalue weighted by Crippen LogP contribution is 2.42. The molecule has 1 saturated heterocycles. The Morgan fingerprint density at radius 1 is 1.00 bits per heavy atom. The lowest BCUT2D eigenvalue weighted by atomic mass is 10.2. The van der Waals surface area contributed by atoms with Crippen molar-refractivity contribution in [3.63, 3.8) is 0 Å². The monoisotopic (exact) mass is 356 g/mol. The van der Waals surface area contributed by atoms with Gasteiger partial charge in [0.15, 0.2) is 11.5 Å². The zero-order valence-corrected chi connectivity index (χ0v) is 14.7. The van der Waals surface area contributed by atoms with Crippen LogP contribution in [-0.2, 0) is 0 Å². The number of likely N-dealkylation sites (tertiary alicyclic amines) is 1. The van der Waals surface area contributed by atoms with Crippen molar-refractivity contribution in [2.45, 2.75) is 22.6 Å². The number of fused-ring (bicyclic) bond motifs is 1. The summed E-state index contributed by atoms with van der Waals surface area (Å²) in [6, 6.07) is 13.9. The van der Waals surface area contributed by atoms with Gasteiger partial charge in [-0.15, -0.1) is 0 Å². The summed E-state index contributed by atoms with van der Waals surface area (Å²) in [6.45, 7) is 2.70. The Morgan fingerprint density at radius 3 is 2.40 bits per heavy atom. The van der Waals surface area contributed by atoms with Crippen LogP contribution in [0, 0.1) is 0 Å². The van der Waals surface area contributed by atoms with E-state index in [1.807, 2.05) is 47.4 Å². The molecule has 2 aliphatic heterocycles. The number of amides is 2. The van der Waals surface area contributed by atoms with E-state index in [2.05, 4.69) is 5.32 Å². The molecule has 2 heterocycles. The molecule has 0 bridgehead atoms. The van der Waals surface area contributed by atoms with E-state index in [1.165, 1.54) is 0 Å². The van der Waals surface area contributed by atoms with Crippen LogP contribution in [0.4, 0.5) is 10.5 Å². The maximum absolute atomic E-state index is 12.5. The van der Waals surface area contributed by atoms with Crippen molar-refractivity contribution in [2.24, 2.45) is 0 Å². The first-order valence-corrected chi connectivity index (χ1v) is 9.34. The molecule has 0 radical (unpaired) electrons. The Bertz CT molecular complexity index is 761. The van der Waals surface area contributed by atoms with Crippen LogP contribution in [0.3, 0.4) is 0 Å². The quantitative estimate of drug-likeness (QED) is 0.894. The van der Waals surface area contributed by atoms with E-state index in [0.29, 0.717) is 19.0 Å². The Kier molecular flexibility index (Phi) is 4.70. The van der Waals surface area contributed by atoms with E-state index in [4.69, 9.17) is 9.47 Å². The fourth-order valence-corrected chi connectivity index (χ4v) is 3.92. The maximum Gasteiger partial charge on any atom is 0.321 e. The lowest BCUT2D eigenvalue weighted by Crippen LogP contribution is -2.32. The first-order chi connectivity index (χ1) is 12.3. The lowest BCUT2D eigenvalue weighted by Gasteiger charge is -2.22. The Balaban J connectivity index is 1.63.